The molecule has 1 aromatic rings. The molecule has 0 aliphatic heterocycles. The summed E-state index contributed by atoms with van der Waals surface area (Å²) >= 11 is 0. The average molecular weight is 231 g/mol. The van der Waals surface area contributed by atoms with Crippen molar-refractivity contribution in [2.75, 3.05) is 19.7 Å². The molecule has 0 saturated heterocycles. The number of rotatable bonds is 6. The van der Waals surface area contributed by atoms with Crippen LogP contribution < -0.4 is 0 Å². The van der Waals surface area contributed by atoms with E-state index in [4.69, 9.17) is 5.11 Å². The van der Waals surface area contributed by atoms with E-state index in [0.29, 0.717) is 0 Å². The highest BCUT2D eigenvalue weighted by molar-refractivity contribution is 7.89. The van der Waals surface area contributed by atoms with Crippen molar-refractivity contribution in [3.05, 3.63) is 25.2 Å². The van der Waals surface area contributed by atoms with Gasteiger partial charge in [-0.15, -0.1) is 6.58 Å². The topological polar surface area (TPSA) is 86.3 Å². The normalized spacial score (nSPS) is 11.9. The first-order valence-electron chi connectivity index (χ1n) is 4.33. The van der Waals surface area contributed by atoms with Crippen LogP contribution in [-0.4, -0.2) is 47.5 Å². The van der Waals surface area contributed by atoms with Crippen molar-refractivity contribution in [1.82, 2.24) is 14.3 Å². The molecule has 0 spiro atoms. The number of sulfonamides is 1. The summed E-state index contributed by atoms with van der Waals surface area (Å²) in [4.78, 5) is 6.16. The zero-order valence-electron chi connectivity index (χ0n) is 8.13. The van der Waals surface area contributed by atoms with Gasteiger partial charge in [-0.2, -0.15) is 4.31 Å². The lowest BCUT2D eigenvalue weighted by molar-refractivity contribution is 0.260. The molecular formula is C8H13N3O3S. The number of hydrogen-bond donors (Lipinski definition) is 2. The minimum absolute atomic E-state index is 0.0119. The Morgan fingerprint density at radius 1 is 1.67 bits per heavy atom. The third kappa shape index (κ3) is 2.65. The first-order valence-corrected chi connectivity index (χ1v) is 5.77. The fourth-order valence-electron chi connectivity index (χ4n) is 1.09. The molecule has 2 N–H and O–H groups in total. The predicted molar refractivity (Wildman–Crippen MR) is 54.6 cm³/mol. The lowest BCUT2D eigenvalue weighted by Crippen LogP contribution is -2.33. The Kier molecular flexibility index (Phi) is 4.01. The number of aliphatic hydroxyl groups excluding tert-OH is 1. The number of aliphatic hydroxyl groups is 1. The lowest BCUT2D eigenvalue weighted by Gasteiger charge is -2.17. The van der Waals surface area contributed by atoms with E-state index in [0.717, 1.165) is 4.31 Å². The standard InChI is InChI=1S/C8H13N3O3S/c1-2-3-11(4-5-12)15(13,14)8-6-9-7-10-8/h2,6-7,12H,1,3-5H2,(H,9,10). The fourth-order valence-corrected chi connectivity index (χ4v) is 2.39. The maximum atomic E-state index is 11.9. The largest absolute Gasteiger partial charge is 0.395 e. The summed E-state index contributed by atoms with van der Waals surface area (Å²) in [6.07, 6.45) is 3.98. The molecule has 0 saturated carbocycles. The molecule has 0 radical (unpaired) electrons. The van der Waals surface area contributed by atoms with Crippen LogP contribution >= 0.6 is 0 Å². The Labute approximate surface area is 88.3 Å². The van der Waals surface area contributed by atoms with Crippen LogP contribution in [0.2, 0.25) is 0 Å². The number of aromatic nitrogens is 2. The molecule has 1 heterocycles. The SMILES string of the molecule is C=CCN(CCO)S(=O)(=O)c1cnc[nH]1. The van der Waals surface area contributed by atoms with Gasteiger partial charge in [0.2, 0.25) is 0 Å². The van der Waals surface area contributed by atoms with E-state index in [-0.39, 0.29) is 24.7 Å². The first kappa shape index (κ1) is 11.9. The van der Waals surface area contributed by atoms with Gasteiger partial charge >= 0.3 is 0 Å². The minimum Gasteiger partial charge on any atom is -0.395 e. The fraction of sp³-hybridized carbons (Fsp3) is 0.375. The van der Waals surface area contributed by atoms with Crippen LogP contribution in [0.5, 0.6) is 0 Å². The van der Waals surface area contributed by atoms with Crippen LogP contribution in [0, 0.1) is 0 Å². The summed E-state index contributed by atoms with van der Waals surface area (Å²) in [5.74, 6) is 0. The summed E-state index contributed by atoms with van der Waals surface area (Å²) < 4.78 is 24.9. The van der Waals surface area contributed by atoms with Gasteiger partial charge in [0, 0.05) is 13.1 Å². The van der Waals surface area contributed by atoms with Crippen molar-refractivity contribution in [1.29, 1.82) is 0 Å². The molecule has 0 aliphatic carbocycles. The molecule has 0 bridgehead atoms. The van der Waals surface area contributed by atoms with Crippen LogP contribution in [0.25, 0.3) is 0 Å². The van der Waals surface area contributed by atoms with E-state index < -0.39 is 10.0 Å². The zero-order chi connectivity index (χ0) is 11.3. The van der Waals surface area contributed by atoms with Gasteiger partial charge in [-0.25, -0.2) is 13.4 Å². The van der Waals surface area contributed by atoms with Crippen molar-refractivity contribution in [2.45, 2.75) is 5.03 Å². The summed E-state index contributed by atoms with van der Waals surface area (Å²) in [5, 5.41) is 8.77. The molecule has 1 aromatic heterocycles. The van der Waals surface area contributed by atoms with E-state index in [9.17, 15) is 8.42 Å². The van der Waals surface area contributed by atoms with Gasteiger partial charge in [0.1, 0.15) is 0 Å². The number of hydrogen-bond acceptors (Lipinski definition) is 4. The summed E-state index contributed by atoms with van der Waals surface area (Å²) in [6, 6.07) is 0. The molecule has 7 heteroatoms. The highest BCUT2D eigenvalue weighted by Gasteiger charge is 2.23. The van der Waals surface area contributed by atoms with Crippen molar-refractivity contribution < 1.29 is 13.5 Å². The molecule has 1 rings (SSSR count). The van der Waals surface area contributed by atoms with Crippen LogP contribution in [-0.2, 0) is 10.0 Å². The molecule has 6 nitrogen and oxygen atoms in total. The number of nitrogens with zero attached hydrogens (tertiary/aromatic N) is 2. The first-order chi connectivity index (χ1) is 7.12. The molecule has 0 amide bonds. The molecule has 15 heavy (non-hydrogen) atoms. The Bertz CT molecular complexity index is 399. The summed E-state index contributed by atoms with van der Waals surface area (Å²) in [6.45, 7) is 3.42. The van der Waals surface area contributed by atoms with Gasteiger partial charge in [0.05, 0.1) is 19.1 Å². The average Bonchev–Trinajstić information content (AvgIpc) is 2.70. The molecule has 0 atom stereocenters. The Hall–Kier alpha value is -1.18. The van der Waals surface area contributed by atoms with Crippen LogP contribution in [0.4, 0.5) is 0 Å². The molecule has 84 valence electrons. The quantitative estimate of drug-likeness (QED) is 0.651. The van der Waals surface area contributed by atoms with Gasteiger partial charge in [-0.05, 0) is 0 Å². The maximum Gasteiger partial charge on any atom is 0.260 e. The third-order valence-electron chi connectivity index (χ3n) is 1.77. The van der Waals surface area contributed by atoms with Crippen molar-refractivity contribution >= 4 is 10.0 Å². The Morgan fingerprint density at radius 2 is 2.40 bits per heavy atom. The molecule has 0 unspecified atom stereocenters. The lowest BCUT2D eigenvalue weighted by atomic mass is 10.6. The Morgan fingerprint density at radius 3 is 2.87 bits per heavy atom. The summed E-state index contributed by atoms with van der Waals surface area (Å²) in [7, 11) is -3.60. The number of H-pyrrole nitrogens is 1. The second-order valence-electron chi connectivity index (χ2n) is 2.79. The van der Waals surface area contributed by atoms with Gasteiger partial charge in [0.25, 0.3) is 10.0 Å². The van der Waals surface area contributed by atoms with Gasteiger partial charge in [0.15, 0.2) is 5.03 Å². The smallest absolute Gasteiger partial charge is 0.260 e. The predicted octanol–water partition coefficient (Wildman–Crippen LogP) is -0.421. The molecular weight excluding hydrogens is 218 g/mol. The van der Waals surface area contributed by atoms with Crippen LogP contribution in [0.3, 0.4) is 0 Å². The van der Waals surface area contributed by atoms with E-state index in [1.807, 2.05) is 0 Å². The molecule has 0 aromatic carbocycles. The van der Waals surface area contributed by atoms with Crippen molar-refractivity contribution in [2.24, 2.45) is 0 Å². The Balaban J connectivity index is 2.96. The van der Waals surface area contributed by atoms with E-state index >= 15 is 0 Å². The van der Waals surface area contributed by atoms with E-state index in [1.54, 1.807) is 0 Å². The second-order valence-corrected chi connectivity index (χ2v) is 4.70. The second kappa shape index (κ2) is 5.06. The monoisotopic (exact) mass is 231 g/mol. The highest BCUT2D eigenvalue weighted by atomic mass is 32.2. The molecule has 0 aliphatic rings. The number of imidazole rings is 1. The van der Waals surface area contributed by atoms with Crippen molar-refractivity contribution in [3.63, 3.8) is 0 Å². The van der Waals surface area contributed by atoms with Crippen LogP contribution in [0.1, 0.15) is 0 Å². The van der Waals surface area contributed by atoms with E-state index in [2.05, 4.69) is 16.5 Å². The number of aromatic amines is 1. The maximum absolute atomic E-state index is 11.9. The summed E-state index contributed by atoms with van der Waals surface area (Å²) in [5.41, 5.74) is 0. The van der Waals surface area contributed by atoms with Gasteiger partial charge in [-0.1, -0.05) is 6.08 Å². The third-order valence-corrected chi connectivity index (χ3v) is 3.56. The highest BCUT2D eigenvalue weighted by Crippen LogP contribution is 2.11. The van der Waals surface area contributed by atoms with Gasteiger partial charge < -0.3 is 10.1 Å². The molecule has 0 fully saturated rings. The van der Waals surface area contributed by atoms with E-state index in [1.165, 1.54) is 18.6 Å². The number of nitrogens with one attached hydrogen (secondary N) is 1. The minimum atomic E-state index is -3.60. The van der Waals surface area contributed by atoms with Crippen LogP contribution in [0.15, 0.2) is 30.2 Å². The van der Waals surface area contributed by atoms with Crippen molar-refractivity contribution in [3.8, 4) is 0 Å². The van der Waals surface area contributed by atoms with Gasteiger partial charge in [-0.3, -0.25) is 0 Å². The zero-order valence-corrected chi connectivity index (χ0v) is 8.94.